The van der Waals surface area contributed by atoms with E-state index < -0.39 is 0 Å². The average molecular weight is 302 g/mol. The van der Waals surface area contributed by atoms with Gasteiger partial charge in [-0.1, -0.05) is 11.6 Å². The highest BCUT2D eigenvalue weighted by Crippen LogP contribution is 2.21. The summed E-state index contributed by atoms with van der Waals surface area (Å²) in [7, 11) is 1.58. The maximum Gasteiger partial charge on any atom is 0.287 e. The molecule has 0 bridgehead atoms. The summed E-state index contributed by atoms with van der Waals surface area (Å²) in [6.07, 6.45) is 3.82. The SMILES string of the molecule is COCCn1ncc(NC(C)C2CCCO2)c(Cl)c1=O. The Labute approximate surface area is 123 Å². The number of aromatic nitrogens is 2. The smallest absolute Gasteiger partial charge is 0.287 e. The van der Waals surface area contributed by atoms with Gasteiger partial charge in [0, 0.05) is 19.8 Å². The van der Waals surface area contributed by atoms with Crippen molar-refractivity contribution >= 4 is 17.3 Å². The quantitative estimate of drug-likeness (QED) is 0.863. The van der Waals surface area contributed by atoms with Crippen LogP contribution in [0.4, 0.5) is 5.69 Å². The second kappa shape index (κ2) is 7.06. The van der Waals surface area contributed by atoms with E-state index in [9.17, 15) is 4.79 Å². The highest BCUT2D eigenvalue weighted by atomic mass is 35.5. The van der Waals surface area contributed by atoms with Crippen LogP contribution < -0.4 is 10.9 Å². The minimum Gasteiger partial charge on any atom is -0.383 e. The molecule has 1 fully saturated rings. The number of nitrogens with zero attached hydrogens (tertiary/aromatic N) is 2. The fraction of sp³-hybridized carbons (Fsp3) is 0.692. The molecule has 0 spiro atoms. The fourth-order valence-corrected chi connectivity index (χ4v) is 2.44. The first-order valence-electron chi connectivity index (χ1n) is 6.76. The van der Waals surface area contributed by atoms with Crippen LogP contribution in [0.1, 0.15) is 19.8 Å². The van der Waals surface area contributed by atoms with Crippen molar-refractivity contribution < 1.29 is 9.47 Å². The monoisotopic (exact) mass is 301 g/mol. The number of nitrogens with one attached hydrogen (secondary N) is 1. The second-order valence-electron chi connectivity index (χ2n) is 4.88. The topological polar surface area (TPSA) is 65.4 Å². The van der Waals surface area contributed by atoms with Gasteiger partial charge in [0.05, 0.1) is 31.1 Å². The third kappa shape index (κ3) is 3.50. The molecule has 2 unspecified atom stereocenters. The van der Waals surface area contributed by atoms with Gasteiger partial charge in [0.1, 0.15) is 5.02 Å². The lowest BCUT2D eigenvalue weighted by atomic mass is 10.1. The Hall–Kier alpha value is -1.11. The Morgan fingerprint density at radius 1 is 1.70 bits per heavy atom. The molecule has 0 aliphatic carbocycles. The molecule has 0 amide bonds. The zero-order chi connectivity index (χ0) is 14.5. The summed E-state index contributed by atoms with van der Waals surface area (Å²) in [4.78, 5) is 12.0. The first-order chi connectivity index (χ1) is 9.63. The van der Waals surface area contributed by atoms with Crippen molar-refractivity contribution in [1.82, 2.24) is 9.78 Å². The molecule has 0 aromatic carbocycles. The Bertz CT molecular complexity index is 500. The van der Waals surface area contributed by atoms with E-state index in [0.717, 1.165) is 19.4 Å². The summed E-state index contributed by atoms with van der Waals surface area (Å²) >= 11 is 6.11. The van der Waals surface area contributed by atoms with Crippen molar-refractivity contribution in [2.24, 2.45) is 0 Å². The lowest BCUT2D eigenvalue weighted by Crippen LogP contribution is -2.32. The van der Waals surface area contributed by atoms with E-state index in [1.54, 1.807) is 13.3 Å². The van der Waals surface area contributed by atoms with Crippen molar-refractivity contribution in [3.63, 3.8) is 0 Å². The van der Waals surface area contributed by atoms with Gasteiger partial charge in [0.2, 0.25) is 0 Å². The van der Waals surface area contributed by atoms with Crippen molar-refractivity contribution in [3.8, 4) is 0 Å². The Morgan fingerprint density at radius 3 is 3.15 bits per heavy atom. The van der Waals surface area contributed by atoms with Crippen molar-refractivity contribution in [1.29, 1.82) is 0 Å². The van der Waals surface area contributed by atoms with E-state index in [1.165, 1.54) is 4.68 Å². The van der Waals surface area contributed by atoms with Gasteiger partial charge >= 0.3 is 0 Å². The van der Waals surface area contributed by atoms with Gasteiger partial charge in [-0.05, 0) is 19.8 Å². The molecule has 1 aromatic rings. The van der Waals surface area contributed by atoms with Crippen LogP contribution in [0.15, 0.2) is 11.0 Å². The van der Waals surface area contributed by atoms with Crippen molar-refractivity contribution in [2.75, 3.05) is 25.6 Å². The molecule has 6 nitrogen and oxygen atoms in total. The highest BCUT2D eigenvalue weighted by molar-refractivity contribution is 6.32. The largest absolute Gasteiger partial charge is 0.383 e. The van der Waals surface area contributed by atoms with Crippen LogP contribution in [0.5, 0.6) is 0 Å². The van der Waals surface area contributed by atoms with E-state index in [4.69, 9.17) is 21.1 Å². The van der Waals surface area contributed by atoms with Crippen LogP contribution in [-0.2, 0) is 16.0 Å². The third-order valence-corrected chi connectivity index (χ3v) is 3.76. The van der Waals surface area contributed by atoms with Crippen LogP contribution in [0.2, 0.25) is 5.02 Å². The van der Waals surface area contributed by atoms with Crippen LogP contribution in [-0.4, -0.2) is 42.2 Å². The first-order valence-corrected chi connectivity index (χ1v) is 7.14. The van der Waals surface area contributed by atoms with Crippen LogP contribution in [0.25, 0.3) is 0 Å². The number of methoxy groups -OCH3 is 1. The molecule has 1 aliphatic heterocycles. The normalized spacial score (nSPS) is 20.1. The van der Waals surface area contributed by atoms with E-state index in [1.807, 2.05) is 6.92 Å². The van der Waals surface area contributed by atoms with E-state index in [0.29, 0.717) is 18.8 Å². The van der Waals surface area contributed by atoms with Crippen molar-refractivity contribution in [2.45, 2.75) is 38.5 Å². The third-order valence-electron chi connectivity index (χ3n) is 3.40. The number of hydrogen-bond donors (Lipinski definition) is 1. The molecule has 20 heavy (non-hydrogen) atoms. The van der Waals surface area contributed by atoms with Gasteiger partial charge in [-0.15, -0.1) is 0 Å². The predicted octanol–water partition coefficient (Wildman–Crippen LogP) is 1.52. The minimum absolute atomic E-state index is 0.0889. The zero-order valence-corrected chi connectivity index (χ0v) is 12.5. The molecule has 1 aromatic heterocycles. The van der Waals surface area contributed by atoms with E-state index in [2.05, 4.69) is 10.4 Å². The zero-order valence-electron chi connectivity index (χ0n) is 11.8. The molecule has 2 atom stereocenters. The molecule has 0 saturated carbocycles. The maximum atomic E-state index is 12.0. The summed E-state index contributed by atoms with van der Waals surface area (Å²) in [6, 6.07) is 0.0889. The molecule has 0 radical (unpaired) electrons. The molecule has 1 saturated heterocycles. The summed E-state index contributed by atoms with van der Waals surface area (Å²) in [6.45, 7) is 3.61. The molecular formula is C13H20ClN3O3. The van der Waals surface area contributed by atoms with E-state index >= 15 is 0 Å². The molecule has 1 aliphatic rings. The predicted molar refractivity (Wildman–Crippen MR) is 77.4 cm³/mol. The first kappa shape index (κ1) is 15.3. The summed E-state index contributed by atoms with van der Waals surface area (Å²) in [5, 5.41) is 7.46. The molecule has 1 N–H and O–H groups in total. The van der Waals surface area contributed by atoms with Gasteiger partial charge in [0.15, 0.2) is 0 Å². The maximum absolute atomic E-state index is 12.0. The molecule has 112 valence electrons. The number of anilines is 1. The van der Waals surface area contributed by atoms with Crippen LogP contribution in [0.3, 0.4) is 0 Å². The summed E-state index contributed by atoms with van der Waals surface area (Å²) in [5.41, 5.74) is 0.238. The van der Waals surface area contributed by atoms with Crippen molar-refractivity contribution in [3.05, 3.63) is 21.6 Å². The lowest BCUT2D eigenvalue weighted by Gasteiger charge is -2.21. The average Bonchev–Trinajstić information content (AvgIpc) is 2.97. The van der Waals surface area contributed by atoms with Gasteiger partial charge < -0.3 is 14.8 Å². The van der Waals surface area contributed by atoms with Crippen LogP contribution in [0, 0.1) is 0 Å². The van der Waals surface area contributed by atoms with Gasteiger partial charge in [-0.25, -0.2) is 4.68 Å². The molecule has 2 heterocycles. The molecular weight excluding hydrogens is 282 g/mol. The second-order valence-corrected chi connectivity index (χ2v) is 5.26. The highest BCUT2D eigenvalue weighted by Gasteiger charge is 2.23. The Kier molecular flexibility index (Phi) is 5.39. The fourth-order valence-electron chi connectivity index (χ4n) is 2.24. The summed E-state index contributed by atoms with van der Waals surface area (Å²) in [5.74, 6) is 0. The van der Waals surface area contributed by atoms with Gasteiger partial charge in [-0.3, -0.25) is 4.79 Å². The molecule has 2 rings (SSSR count). The van der Waals surface area contributed by atoms with Gasteiger partial charge in [-0.2, -0.15) is 5.10 Å². The molecule has 7 heteroatoms. The van der Waals surface area contributed by atoms with Gasteiger partial charge in [0.25, 0.3) is 5.56 Å². The number of rotatable bonds is 6. The van der Waals surface area contributed by atoms with E-state index in [-0.39, 0.29) is 22.7 Å². The number of ether oxygens (including phenoxy) is 2. The Balaban J connectivity index is 2.08. The minimum atomic E-state index is -0.312. The summed E-state index contributed by atoms with van der Waals surface area (Å²) < 4.78 is 11.8. The van der Waals surface area contributed by atoms with Crippen LogP contribution >= 0.6 is 11.6 Å². The Morgan fingerprint density at radius 2 is 2.50 bits per heavy atom. The number of halogens is 1. The lowest BCUT2D eigenvalue weighted by molar-refractivity contribution is 0.0996. The number of hydrogen-bond acceptors (Lipinski definition) is 5. The standard InChI is InChI=1S/C13H20ClN3O3/c1-9(11-4-3-6-20-11)16-10-8-15-17(5-7-19-2)13(18)12(10)14/h8-9,11,16H,3-7H2,1-2H3.